The zero-order valence-corrected chi connectivity index (χ0v) is 13.3. The van der Waals surface area contributed by atoms with E-state index >= 15 is 0 Å². The summed E-state index contributed by atoms with van der Waals surface area (Å²) in [5, 5.41) is 0. The van der Waals surface area contributed by atoms with Crippen molar-refractivity contribution in [2.24, 2.45) is 5.92 Å². The van der Waals surface area contributed by atoms with Crippen LogP contribution in [0.4, 0.5) is 10.3 Å². The summed E-state index contributed by atoms with van der Waals surface area (Å²) < 4.78 is 13.0. The topological polar surface area (TPSA) is 49.3 Å². The number of anilines is 1. The molecule has 4 rings (SSSR count). The molecule has 0 radical (unpaired) electrons. The van der Waals surface area contributed by atoms with E-state index in [2.05, 4.69) is 14.9 Å². The average molecular weight is 326 g/mol. The molecule has 1 aliphatic heterocycles. The van der Waals surface area contributed by atoms with Gasteiger partial charge in [0, 0.05) is 44.5 Å². The zero-order valence-electron chi connectivity index (χ0n) is 13.3. The van der Waals surface area contributed by atoms with E-state index in [1.165, 1.54) is 12.1 Å². The van der Waals surface area contributed by atoms with Crippen molar-refractivity contribution >= 4 is 11.9 Å². The van der Waals surface area contributed by atoms with E-state index in [0.29, 0.717) is 13.1 Å². The van der Waals surface area contributed by atoms with Gasteiger partial charge in [-0.15, -0.1) is 0 Å². The SMILES string of the molecule is O=C([C@H]1C[C@H]1c1ccc(F)cc1)N1CCN(c2ncccn2)CC1. The van der Waals surface area contributed by atoms with E-state index < -0.39 is 0 Å². The van der Waals surface area contributed by atoms with Crippen LogP contribution in [0.15, 0.2) is 42.7 Å². The number of carbonyl (C=O) groups is 1. The van der Waals surface area contributed by atoms with Crippen molar-refractivity contribution in [1.82, 2.24) is 14.9 Å². The third kappa shape index (κ3) is 2.96. The number of hydrogen-bond acceptors (Lipinski definition) is 4. The fourth-order valence-electron chi connectivity index (χ4n) is 3.36. The maximum Gasteiger partial charge on any atom is 0.226 e. The number of amides is 1. The Morgan fingerprint density at radius 3 is 2.38 bits per heavy atom. The van der Waals surface area contributed by atoms with Gasteiger partial charge < -0.3 is 9.80 Å². The molecule has 0 N–H and O–H groups in total. The Bertz CT molecular complexity index is 714. The summed E-state index contributed by atoms with van der Waals surface area (Å²) >= 11 is 0. The third-order valence-corrected chi connectivity index (χ3v) is 4.83. The molecular weight excluding hydrogens is 307 g/mol. The lowest BCUT2D eigenvalue weighted by Gasteiger charge is -2.34. The molecule has 0 spiro atoms. The molecule has 2 heterocycles. The minimum Gasteiger partial charge on any atom is -0.339 e. The van der Waals surface area contributed by atoms with Gasteiger partial charge in [0.05, 0.1) is 0 Å². The first-order chi connectivity index (χ1) is 11.7. The van der Waals surface area contributed by atoms with Crippen LogP contribution in [0.25, 0.3) is 0 Å². The summed E-state index contributed by atoms with van der Waals surface area (Å²) in [6, 6.07) is 8.31. The molecule has 1 aliphatic carbocycles. The molecule has 2 fully saturated rings. The minimum absolute atomic E-state index is 0.0509. The van der Waals surface area contributed by atoms with Crippen molar-refractivity contribution in [3.05, 3.63) is 54.1 Å². The highest BCUT2D eigenvalue weighted by Gasteiger charge is 2.46. The van der Waals surface area contributed by atoms with Gasteiger partial charge in [0.15, 0.2) is 0 Å². The molecule has 2 aromatic rings. The second-order valence-electron chi connectivity index (χ2n) is 6.36. The fraction of sp³-hybridized carbons (Fsp3) is 0.389. The number of nitrogens with zero attached hydrogens (tertiary/aromatic N) is 4. The van der Waals surface area contributed by atoms with Gasteiger partial charge in [-0.05, 0) is 36.1 Å². The van der Waals surface area contributed by atoms with Crippen molar-refractivity contribution in [2.45, 2.75) is 12.3 Å². The van der Waals surface area contributed by atoms with Crippen LogP contribution >= 0.6 is 0 Å². The van der Waals surface area contributed by atoms with Gasteiger partial charge in [-0.25, -0.2) is 14.4 Å². The molecule has 0 unspecified atom stereocenters. The van der Waals surface area contributed by atoms with Crippen LogP contribution in [0.5, 0.6) is 0 Å². The van der Waals surface area contributed by atoms with Crippen molar-refractivity contribution in [3.63, 3.8) is 0 Å². The molecule has 0 bridgehead atoms. The van der Waals surface area contributed by atoms with E-state index in [9.17, 15) is 9.18 Å². The van der Waals surface area contributed by atoms with E-state index in [1.807, 2.05) is 4.90 Å². The maximum atomic E-state index is 13.0. The molecule has 6 heteroatoms. The molecule has 1 saturated heterocycles. The number of rotatable bonds is 3. The Kier molecular flexibility index (Phi) is 3.88. The summed E-state index contributed by atoms with van der Waals surface area (Å²) in [5.74, 6) is 1.00. The average Bonchev–Trinajstić information content (AvgIpc) is 3.43. The molecule has 1 aromatic heterocycles. The van der Waals surface area contributed by atoms with Crippen LogP contribution in [0.3, 0.4) is 0 Å². The zero-order chi connectivity index (χ0) is 16.5. The molecule has 1 amide bonds. The molecule has 124 valence electrons. The summed E-state index contributed by atoms with van der Waals surface area (Å²) in [5.41, 5.74) is 1.06. The highest BCUT2D eigenvalue weighted by molar-refractivity contribution is 5.83. The minimum atomic E-state index is -0.235. The largest absolute Gasteiger partial charge is 0.339 e. The van der Waals surface area contributed by atoms with E-state index in [4.69, 9.17) is 0 Å². The van der Waals surface area contributed by atoms with Gasteiger partial charge in [-0.1, -0.05) is 12.1 Å². The number of carbonyl (C=O) groups excluding carboxylic acids is 1. The summed E-state index contributed by atoms with van der Waals surface area (Å²) in [6.45, 7) is 2.90. The van der Waals surface area contributed by atoms with Crippen molar-refractivity contribution in [2.75, 3.05) is 31.1 Å². The van der Waals surface area contributed by atoms with E-state index in [0.717, 1.165) is 31.0 Å². The summed E-state index contributed by atoms with van der Waals surface area (Å²) in [7, 11) is 0. The van der Waals surface area contributed by atoms with Crippen LogP contribution in [0.2, 0.25) is 0 Å². The smallest absolute Gasteiger partial charge is 0.226 e. The second-order valence-corrected chi connectivity index (χ2v) is 6.36. The normalized spacial score (nSPS) is 23.2. The first-order valence-corrected chi connectivity index (χ1v) is 8.28. The first-order valence-electron chi connectivity index (χ1n) is 8.28. The standard InChI is InChI=1S/C18H19FN4O/c19-14-4-2-13(3-5-14)15-12-16(15)17(24)22-8-10-23(11-9-22)18-20-6-1-7-21-18/h1-7,15-16H,8-12H2/t15-,16-/m0/s1. The van der Waals surface area contributed by atoms with Gasteiger partial charge in [0.2, 0.25) is 11.9 Å². The highest BCUT2D eigenvalue weighted by atomic mass is 19.1. The van der Waals surface area contributed by atoms with Crippen LogP contribution in [0, 0.1) is 11.7 Å². The Morgan fingerprint density at radius 1 is 1.04 bits per heavy atom. The van der Waals surface area contributed by atoms with Crippen LogP contribution < -0.4 is 4.90 Å². The van der Waals surface area contributed by atoms with Gasteiger partial charge in [0.25, 0.3) is 0 Å². The monoisotopic (exact) mass is 326 g/mol. The summed E-state index contributed by atoms with van der Waals surface area (Å²) in [6.07, 6.45) is 4.33. The third-order valence-electron chi connectivity index (χ3n) is 4.83. The lowest BCUT2D eigenvalue weighted by molar-refractivity contribution is -0.133. The van der Waals surface area contributed by atoms with E-state index in [-0.39, 0.29) is 23.6 Å². The lowest BCUT2D eigenvalue weighted by atomic mass is 10.1. The van der Waals surface area contributed by atoms with Crippen molar-refractivity contribution < 1.29 is 9.18 Å². The van der Waals surface area contributed by atoms with Gasteiger partial charge >= 0.3 is 0 Å². The second kappa shape index (κ2) is 6.19. The highest BCUT2D eigenvalue weighted by Crippen LogP contribution is 2.48. The Balaban J connectivity index is 1.33. The molecule has 24 heavy (non-hydrogen) atoms. The van der Waals surface area contributed by atoms with Gasteiger partial charge in [0.1, 0.15) is 5.82 Å². The van der Waals surface area contributed by atoms with Crippen molar-refractivity contribution in [3.8, 4) is 0 Å². The molecular formula is C18H19FN4O. The predicted molar refractivity (Wildman–Crippen MR) is 88.1 cm³/mol. The Morgan fingerprint density at radius 2 is 1.71 bits per heavy atom. The van der Waals surface area contributed by atoms with Crippen LogP contribution in [-0.2, 0) is 4.79 Å². The number of halogens is 1. The Labute approximate surface area is 140 Å². The molecule has 1 saturated carbocycles. The Hall–Kier alpha value is -2.50. The maximum absolute atomic E-state index is 13.0. The van der Waals surface area contributed by atoms with E-state index in [1.54, 1.807) is 30.6 Å². The molecule has 5 nitrogen and oxygen atoms in total. The molecule has 2 aliphatic rings. The first kappa shape index (κ1) is 15.1. The predicted octanol–water partition coefficient (Wildman–Crippen LogP) is 2.07. The number of benzene rings is 1. The quantitative estimate of drug-likeness (QED) is 0.866. The summed E-state index contributed by atoms with van der Waals surface area (Å²) in [4.78, 5) is 25.2. The number of aromatic nitrogens is 2. The number of hydrogen-bond donors (Lipinski definition) is 0. The van der Waals surface area contributed by atoms with Crippen molar-refractivity contribution in [1.29, 1.82) is 0 Å². The van der Waals surface area contributed by atoms with Crippen LogP contribution in [-0.4, -0.2) is 47.0 Å². The molecule has 1 aromatic carbocycles. The van der Waals surface area contributed by atoms with Gasteiger partial charge in [-0.3, -0.25) is 4.79 Å². The fourth-order valence-corrected chi connectivity index (χ4v) is 3.36. The number of piperazine rings is 1. The molecule has 2 atom stereocenters. The van der Waals surface area contributed by atoms with Gasteiger partial charge in [-0.2, -0.15) is 0 Å². The lowest BCUT2D eigenvalue weighted by Crippen LogP contribution is -2.49. The van der Waals surface area contributed by atoms with Crippen LogP contribution in [0.1, 0.15) is 17.9 Å².